The molecule has 0 aliphatic heterocycles. The monoisotopic (exact) mass is 532 g/mol. The highest BCUT2D eigenvalue weighted by molar-refractivity contribution is 7.53. The van der Waals surface area contributed by atoms with Crippen molar-refractivity contribution in [2.24, 2.45) is 0 Å². The third-order valence-electron chi connectivity index (χ3n) is 4.32. The van der Waals surface area contributed by atoms with Gasteiger partial charge in [0.1, 0.15) is 6.35 Å². The van der Waals surface area contributed by atoms with E-state index in [9.17, 15) is 14.2 Å². The van der Waals surface area contributed by atoms with Crippen molar-refractivity contribution < 1.29 is 46.9 Å². The second kappa shape index (κ2) is 13.4. The van der Waals surface area contributed by atoms with Gasteiger partial charge in [0.15, 0.2) is 0 Å². The van der Waals surface area contributed by atoms with Crippen molar-refractivity contribution in [3.63, 3.8) is 0 Å². The highest BCUT2D eigenvalue weighted by Crippen LogP contribution is 2.48. The molecule has 36 heavy (non-hydrogen) atoms. The number of hydrogen-bond donors (Lipinski definition) is 1. The number of fused-ring (bicyclic) bond motifs is 1. The van der Waals surface area contributed by atoms with Crippen molar-refractivity contribution in [3.8, 4) is 0 Å². The minimum atomic E-state index is -4.05. The molecular formula is C21H33N4O10P. The Morgan fingerprint density at radius 2 is 1.56 bits per heavy atom. The second-order valence-electron chi connectivity index (χ2n) is 8.21. The number of nitrogens with zero attached hydrogens (tertiary/aromatic N) is 3. The number of aromatic nitrogens is 3. The first-order valence-electron chi connectivity index (χ1n) is 11.2. The molecule has 0 aromatic carbocycles. The minimum Gasteiger partial charge on any atom is -0.432 e. The van der Waals surface area contributed by atoms with E-state index in [0.717, 1.165) is 16.9 Å². The first-order chi connectivity index (χ1) is 16.9. The Morgan fingerprint density at radius 1 is 1.00 bits per heavy atom. The Balaban J connectivity index is 1.98. The Hall–Kier alpha value is -2.93. The molecular weight excluding hydrogens is 499 g/mol. The lowest BCUT2D eigenvalue weighted by molar-refractivity contribution is -0.0364. The average Bonchev–Trinajstić information content (AvgIpc) is 3.14. The van der Waals surface area contributed by atoms with Gasteiger partial charge in [0.05, 0.1) is 29.5 Å². The van der Waals surface area contributed by atoms with E-state index in [0.29, 0.717) is 6.42 Å². The van der Waals surface area contributed by atoms with Gasteiger partial charge in [-0.25, -0.2) is 19.1 Å². The predicted octanol–water partition coefficient (Wildman–Crippen LogP) is 3.79. The fourth-order valence-corrected chi connectivity index (χ4v) is 3.90. The van der Waals surface area contributed by atoms with E-state index in [1.807, 2.05) is 19.1 Å². The number of carbonyl (C=O) groups excluding carboxylic acids is 2. The molecule has 15 heteroatoms. The van der Waals surface area contributed by atoms with E-state index in [2.05, 4.69) is 10.1 Å². The zero-order chi connectivity index (χ0) is 26.9. The lowest BCUT2D eigenvalue weighted by atomic mass is 10.2. The van der Waals surface area contributed by atoms with Crippen molar-refractivity contribution in [2.75, 3.05) is 25.7 Å². The summed E-state index contributed by atoms with van der Waals surface area (Å²) in [5.41, 5.74) is 8.05. The maximum atomic E-state index is 13.2. The van der Waals surface area contributed by atoms with Crippen LogP contribution in [0.5, 0.6) is 0 Å². The van der Waals surface area contributed by atoms with Gasteiger partial charge in [-0.05, 0) is 53.7 Å². The third-order valence-corrected chi connectivity index (χ3v) is 5.78. The van der Waals surface area contributed by atoms with Gasteiger partial charge < -0.3 is 29.4 Å². The van der Waals surface area contributed by atoms with Gasteiger partial charge in [-0.3, -0.25) is 13.6 Å². The van der Waals surface area contributed by atoms with Crippen molar-refractivity contribution in [2.45, 2.75) is 66.3 Å². The zero-order valence-corrected chi connectivity index (χ0v) is 22.1. The van der Waals surface area contributed by atoms with E-state index in [1.165, 1.54) is 0 Å². The van der Waals surface area contributed by atoms with Crippen LogP contribution in [0, 0.1) is 6.92 Å². The summed E-state index contributed by atoms with van der Waals surface area (Å²) in [6.07, 6.45) is -3.49. The molecule has 1 unspecified atom stereocenters. The summed E-state index contributed by atoms with van der Waals surface area (Å²) in [6, 6.07) is 3.71. The Morgan fingerprint density at radius 3 is 2.08 bits per heavy atom. The lowest BCUT2D eigenvalue weighted by Crippen LogP contribution is -2.19. The highest BCUT2D eigenvalue weighted by atomic mass is 31.2. The quantitative estimate of drug-likeness (QED) is 0.224. The number of aryl methyl sites for hydroxylation is 1. The van der Waals surface area contributed by atoms with Crippen LogP contribution in [0.25, 0.3) is 5.52 Å². The number of carbonyl (C=O) groups is 2. The fraction of sp³-hybridized carbons (Fsp3) is 0.619. The van der Waals surface area contributed by atoms with Gasteiger partial charge in [0.2, 0.25) is 19.5 Å². The molecule has 0 saturated carbocycles. The number of nitrogens with two attached hydrogens (primary N) is 1. The first-order valence-corrected chi connectivity index (χ1v) is 12.9. The average molecular weight is 532 g/mol. The zero-order valence-electron chi connectivity index (χ0n) is 21.2. The third kappa shape index (κ3) is 9.61. The summed E-state index contributed by atoms with van der Waals surface area (Å²) in [5, 5.41) is 4.22. The second-order valence-corrected chi connectivity index (χ2v) is 10.2. The SMILES string of the molecule is Cc1nc(N)nn2c(CC(C)OCP(=O)(OCOC(=O)OC(C)C)OCOC(=O)OC(C)C)ccc12. The van der Waals surface area contributed by atoms with Crippen LogP contribution in [0.4, 0.5) is 15.5 Å². The van der Waals surface area contributed by atoms with Crippen LogP contribution in [-0.2, 0) is 43.7 Å². The van der Waals surface area contributed by atoms with E-state index >= 15 is 0 Å². The van der Waals surface area contributed by atoms with Crippen LogP contribution in [0.2, 0.25) is 0 Å². The summed E-state index contributed by atoms with van der Waals surface area (Å²) in [6.45, 7) is 8.62. The maximum Gasteiger partial charge on any atom is 0.510 e. The van der Waals surface area contributed by atoms with Gasteiger partial charge in [0.25, 0.3) is 0 Å². The molecule has 0 saturated heterocycles. The number of ether oxygens (including phenoxy) is 5. The summed E-state index contributed by atoms with van der Waals surface area (Å²) < 4.78 is 49.9. The highest BCUT2D eigenvalue weighted by Gasteiger charge is 2.29. The molecule has 14 nitrogen and oxygen atoms in total. The largest absolute Gasteiger partial charge is 0.510 e. The van der Waals surface area contributed by atoms with E-state index in [4.69, 9.17) is 38.5 Å². The maximum absolute atomic E-state index is 13.2. The predicted molar refractivity (Wildman–Crippen MR) is 126 cm³/mol. The molecule has 2 aromatic rings. The van der Waals surface area contributed by atoms with Crippen LogP contribution in [0.1, 0.15) is 46.0 Å². The van der Waals surface area contributed by atoms with Crippen LogP contribution < -0.4 is 5.73 Å². The van der Waals surface area contributed by atoms with Gasteiger partial charge >= 0.3 is 19.9 Å². The minimum absolute atomic E-state index is 0.129. The molecule has 1 atom stereocenters. The Bertz CT molecular complexity index is 1040. The molecule has 0 aliphatic rings. The summed E-state index contributed by atoms with van der Waals surface area (Å²) >= 11 is 0. The van der Waals surface area contributed by atoms with Crippen LogP contribution in [0.3, 0.4) is 0 Å². The first kappa shape index (κ1) is 29.3. The number of hydrogen-bond acceptors (Lipinski definition) is 13. The van der Waals surface area contributed by atoms with Crippen LogP contribution >= 0.6 is 7.60 Å². The van der Waals surface area contributed by atoms with E-state index in [1.54, 1.807) is 39.1 Å². The number of anilines is 1. The summed E-state index contributed by atoms with van der Waals surface area (Å²) in [7, 11) is -4.05. The van der Waals surface area contributed by atoms with Crippen molar-refractivity contribution in [1.82, 2.24) is 14.6 Å². The van der Waals surface area contributed by atoms with E-state index in [-0.39, 0.29) is 5.95 Å². The summed E-state index contributed by atoms with van der Waals surface area (Å²) in [4.78, 5) is 27.2. The van der Waals surface area contributed by atoms with Crippen LogP contribution in [-0.4, -0.2) is 65.2 Å². The van der Waals surface area contributed by atoms with Gasteiger partial charge in [0, 0.05) is 12.1 Å². The molecule has 0 spiro atoms. The number of rotatable bonds is 13. The topological polar surface area (TPSA) is 172 Å². The van der Waals surface area contributed by atoms with Crippen molar-refractivity contribution >= 4 is 31.4 Å². The fourth-order valence-electron chi connectivity index (χ4n) is 2.82. The molecule has 2 aromatic heterocycles. The molecule has 0 amide bonds. The van der Waals surface area contributed by atoms with Gasteiger partial charge in [-0.2, -0.15) is 0 Å². The van der Waals surface area contributed by atoms with Crippen molar-refractivity contribution in [1.29, 1.82) is 0 Å². The standard InChI is InChI=1S/C21H33N4O10P/c1-13(2)34-20(26)29-10-32-36(28,33-11-30-21(27)35-14(3)4)12-31-15(5)9-17-7-8-18-16(6)23-19(22)24-25(17)18/h7-8,13-15H,9-12H2,1-6H3,(H2,22,24). The van der Waals surface area contributed by atoms with Crippen molar-refractivity contribution in [3.05, 3.63) is 23.5 Å². The lowest BCUT2D eigenvalue weighted by Gasteiger charge is -2.21. The molecule has 202 valence electrons. The Labute approximate surface area is 208 Å². The normalized spacial score (nSPS) is 12.7. The molecule has 0 bridgehead atoms. The number of nitrogen functional groups attached to an aromatic ring is 1. The molecule has 2 N–H and O–H groups in total. The summed E-state index contributed by atoms with van der Waals surface area (Å²) in [5.74, 6) is 0.129. The van der Waals surface area contributed by atoms with Gasteiger partial charge in [-0.15, -0.1) is 5.10 Å². The molecule has 2 heterocycles. The molecule has 2 rings (SSSR count). The smallest absolute Gasteiger partial charge is 0.432 e. The molecule has 0 radical (unpaired) electrons. The van der Waals surface area contributed by atoms with Gasteiger partial charge in [-0.1, -0.05) is 0 Å². The molecule has 0 fully saturated rings. The van der Waals surface area contributed by atoms with Crippen LogP contribution in [0.15, 0.2) is 12.1 Å². The Kier molecular flexibility index (Phi) is 10.9. The molecule has 0 aliphatic carbocycles. The van der Waals surface area contributed by atoms with E-state index < -0.39 is 58.2 Å².